The molecule has 7 rings (SSSR count). The topological polar surface area (TPSA) is 63.7 Å². The van der Waals surface area contributed by atoms with Crippen molar-refractivity contribution in [1.29, 1.82) is 0 Å². The van der Waals surface area contributed by atoms with Gasteiger partial charge in [-0.3, -0.25) is 4.90 Å². The number of aromatic nitrogens is 3. The lowest BCUT2D eigenvalue weighted by Crippen LogP contribution is -2.59. The van der Waals surface area contributed by atoms with E-state index in [-0.39, 0.29) is 12.3 Å². The third-order valence-electron chi connectivity index (χ3n) is 6.87. The zero-order valence-electron chi connectivity index (χ0n) is 17.9. The molecule has 0 spiro atoms. The smallest absolute Gasteiger partial charge is 0.213 e. The first kappa shape index (κ1) is 20.1. The number of epoxide rings is 1. The lowest BCUT2D eigenvalue weighted by Gasteiger charge is -2.53. The molecule has 3 aliphatic heterocycles. The summed E-state index contributed by atoms with van der Waals surface area (Å²) in [6.07, 6.45) is 8.94. The van der Waals surface area contributed by atoms with Gasteiger partial charge in [0.05, 0.1) is 5.02 Å². The van der Waals surface area contributed by atoms with Crippen molar-refractivity contribution in [3.8, 4) is 17.3 Å². The third kappa shape index (κ3) is 3.76. The van der Waals surface area contributed by atoms with Crippen LogP contribution in [0.1, 0.15) is 36.5 Å². The fourth-order valence-corrected chi connectivity index (χ4v) is 5.37. The summed E-state index contributed by atoms with van der Waals surface area (Å²) < 4.78 is 12.4. The van der Waals surface area contributed by atoms with E-state index in [2.05, 4.69) is 45.0 Å². The molecule has 32 heavy (non-hydrogen) atoms. The van der Waals surface area contributed by atoms with Crippen molar-refractivity contribution in [2.45, 2.75) is 50.6 Å². The number of halogens is 1. The van der Waals surface area contributed by atoms with Gasteiger partial charge in [-0.15, -0.1) is 0 Å². The van der Waals surface area contributed by atoms with E-state index >= 15 is 0 Å². The van der Waals surface area contributed by atoms with Crippen molar-refractivity contribution in [3.63, 3.8) is 0 Å². The van der Waals surface area contributed by atoms with Crippen molar-refractivity contribution in [3.05, 3.63) is 71.1 Å². The molecule has 4 aliphatic rings. The summed E-state index contributed by atoms with van der Waals surface area (Å²) in [5.41, 5.74) is 3.43. The van der Waals surface area contributed by atoms with E-state index in [1.807, 2.05) is 18.2 Å². The fraction of sp³-hybridized carbons (Fsp3) is 0.400. The van der Waals surface area contributed by atoms with Crippen LogP contribution in [0, 0.1) is 12.8 Å². The van der Waals surface area contributed by atoms with Crippen molar-refractivity contribution < 1.29 is 9.47 Å². The summed E-state index contributed by atoms with van der Waals surface area (Å²) in [7, 11) is 0. The van der Waals surface area contributed by atoms with Crippen LogP contribution in [0.15, 0.2) is 55.0 Å². The summed E-state index contributed by atoms with van der Waals surface area (Å²) in [6.45, 7) is 2.72. The van der Waals surface area contributed by atoms with E-state index in [1.165, 1.54) is 24.0 Å². The van der Waals surface area contributed by atoms with E-state index in [1.54, 1.807) is 18.6 Å². The summed E-state index contributed by atoms with van der Waals surface area (Å²) in [5, 5.41) is 0.614. The summed E-state index contributed by atoms with van der Waals surface area (Å²) in [6, 6.07) is 12.8. The van der Waals surface area contributed by atoms with Crippen molar-refractivity contribution in [2.24, 2.45) is 5.92 Å². The van der Waals surface area contributed by atoms with Gasteiger partial charge in [0.15, 0.2) is 5.82 Å². The van der Waals surface area contributed by atoms with Crippen LogP contribution in [0.5, 0.6) is 5.88 Å². The highest BCUT2D eigenvalue weighted by atomic mass is 35.5. The number of nitrogens with zero attached hydrogens (tertiary/aromatic N) is 4. The first-order chi connectivity index (χ1) is 15.7. The van der Waals surface area contributed by atoms with Gasteiger partial charge in [0, 0.05) is 42.3 Å². The van der Waals surface area contributed by atoms with Crippen molar-refractivity contribution in [1.82, 2.24) is 19.9 Å². The minimum atomic E-state index is 0.0296. The molecule has 0 amide bonds. The van der Waals surface area contributed by atoms with Gasteiger partial charge in [-0.05, 0) is 49.8 Å². The van der Waals surface area contributed by atoms with Crippen molar-refractivity contribution >= 4 is 11.6 Å². The number of piperidine rings is 2. The van der Waals surface area contributed by atoms with Gasteiger partial charge in [-0.1, -0.05) is 35.4 Å². The van der Waals surface area contributed by atoms with E-state index in [4.69, 9.17) is 21.1 Å². The Hall–Kier alpha value is -2.54. The lowest BCUT2D eigenvalue weighted by molar-refractivity contribution is -0.0723. The van der Waals surface area contributed by atoms with E-state index in [9.17, 15) is 0 Å². The normalized spacial score (nSPS) is 28.8. The summed E-state index contributed by atoms with van der Waals surface area (Å²) in [4.78, 5) is 15.8. The number of benzene rings is 1. The van der Waals surface area contributed by atoms with Gasteiger partial charge in [0.1, 0.15) is 18.9 Å². The van der Waals surface area contributed by atoms with Crippen molar-refractivity contribution in [2.75, 3.05) is 6.61 Å². The third-order valence-corrected chi connectivity index (χ3v) is 7.09. The number of hydrogen-bond donors (Lipinski definition) is 0. The Bertz CT molecular complexity index is 1100. The van der Waals surface area contributed by atoms with Crippen LogP contribution >= 0.6 is 11.6 Å². The molecule has 4 fully saturated rings. The Kier molecular flexibility index (Phi) is 5.09. The highest BCUT2D eigenvalue weighted by Gasteiger charge is 2.56. The average molecular weight is 449 g/mol. The minimum Gasteiger partial charge on any atom is -0.476 e. The maximum atomic E-state index is 6.33. The number of hydrogen-bond acceptors (Lipinski definition) is 6. The Morgan fingerprint density at radius 1 is 1.09 bits per heavy atom. The second-order valence-electron chi connectivity index (χ2n) is 9.06. The second-order valence-corrected chi connectivity index (χ2v) is 9.50. The molecule has 1 aromatic carbocycles. The van der Waals surface area contributed by atoms with Gasteiger partial charge in [-0.2, -0.15) is 0 Å². The standard InChI is InChI=1S/C25H25ClN4O2/c1-15-3-5-20(24-27-7-2-8-28-24)21(9-15)23-25(32-23)30-18-10-16(11-18)12-19(30)14-31-22-6-4-17(26)13-29-22/h2-9,13,16,18-19,23,25H,10-12,14H2,1H3. The molecule has 0 radical (unpaired) electrons. The van der Waals surface area contributed by atoms with Crippen LogP contribution in [-0.2, 0) is 4.74 Å². The highest BCUT2D eigenvalue weighted by Crippen LogP contribution is 2.52. The number of ether oxygens (including phenoxy) is 2. The SMILES string of the molecule is Cc1ccc(-c2ncccn2)c(C2OC2N2C(COc3ccc(Cl)cn3)CC3CC2C3)c1. The number of rotatable bonds is 6. The molecule has 5 heterocycles. The Morgan fingerprint density at radius 2 is 1.94 bits per heavy atom. The van der Waals surface area contributed by atoms with Gasteiger partial charge in [0.25, 0.3) is 0 Å². The lowest BCUT2D eigenvalue weighted by atomic mass is 9.70. The molecular formula is C25H25ClN4O2. The summed E-state index contributed by atoms with van der Waals surface area (Å²) in [5.74, 6) is 2.16. The molecule has 7 heteroatoms. The van der Waals surface area contributed by atoms with Crippen LogP contribution in [-0.4, -0.2) is 44.8 Å². The first-order valence-corrected chi connectivity index (χ1v) is 11.6. The molecule has 3 aromatic rings. The number of aryl methyl sites for hydroxylation is 1. The molecule has 164 valence electrons. The Balaban J connectivity index is 1.22. The first-order valence-electron chi connectivity index (χ1n) is 11.2. The molecule has 2 aromatic heterocycles. The molecule has 3 unspecified atom stereocenters. The zero-order valence-corrected chi connectivity index (χ0v) is 18.7. The van der Waals surface area contributed by atoms with Gasteiger partial charge in [0.2, 0.25) is 5.88 Å². The van der Waals surface area contributed by atoms with E-state index < -0.39 is 0 Å². The quantitative estimate of drug-likeness (QED) is 0.503. The predicted octanol–water partition coefficient (Wildman–Crippen LogP) is 4.83. The molecule has 6 nitrogen and oxygen atoms in total. The van der Waals surface area contributed by atoms with Crippen LogP contribution in [0.4, 0.5) is 0 Å². The second kappa shape index (κ2) is 8.10. The number of pyridine rings is 1. The van der Waals surface area contributed by atoms with E-state index in [0.717, 1.165) is 23.7 Å². The molecule has 0 N–H and O–H groups in total. The van der Waals surface area contributed by atoms with Crippen LogP contribution in [0.3, 0.4) is 0 Å². The average Bonchev–Trinajstić information content (AvgIpc) is 3.59. The Labute approximate surface area is 192 Å². The molecule has 3 saturated heterocycles. The maximum absolute atomic E-state index is 6.33. The van der Waals surface area contributed by atoms with Crippen LogP contribution in [0.2, 0.25) is 5.02 Å². The molecule has 1 saturated carbocycles. The maximum Gasteiger partial charge on any atom is 0.213 e. The molecular weight excluding hydrogens is 424 g/mol. The van der Waals surface area contributed by atoms with E-state index in [0.29, 0.717) is 29.6 Å². The van der Waals surface area contributed by atoms with Gasteiger partial charge >= 0.3 is 0 Å². The summed E-state index contributed by atoms with van der Waals surface area (Å²) >= 11 is 5.95. The predicted molar refractivity (Wildman–Crippen MR) is 121 cm³/mol. The minimum absolute atomic E-state index is 0.0296. The Morgan fingerprint density at radius 3 is 2.72 bits per heavy atom. The largest absolute Gasteiger partial charge is 0.476 e. The monoisotopic (exact) mass is 448 g/mol. The van der Waals surface area contributed by atoms with Crippen LogP contribution < -0.4 is 4.74 Å². The molecule has 2 bridgehead atoms. The van der Waals surface area contributed by atoms with Crippen LogP contribution in [0.25, 0.3) is 11.4 Å². The highest BCUT2D eigenvalue weighted by molar-refractivity contribution is 6.30. The zero-order chi connectivity index (χ0) is 21.7. The molecule has 1 aliphatic carbocycles. The number of fused-ring (bicyclic) bond motifs is 2. The van der Waals surface area contributed by atoms with Gasteiger partial charge in [-0.25, -0.2) is 15.0 Å². The molecule has 3 atom stereocenters. The van der Waals surface area contributed by atoms with Gasteiger partial charge < -0.3 is 9.47 Å². The fourth-order valence-electron chi connectivity index (χ4n) is 5.26.